The predicted octanol–water partition coefficient (Wildman–Crippen LogP) is 7.81. The van der Waals surface area contributed by atoms with Gasteiger partial charge in [0.15, 0.2) is 5.78 Å². The van der Waals surface area contributed by atoms with Gasteiger partial charge in [0.05, 0.1) is 5.76 Å². The summed E-state index contributed by atoms with van der Waals surface area (Å²) < 4.78 is 0. The fourth-order valence-corrected chi connectivity index (χ4v) is 4.78. The largest absolute Gasteiger partial charge is 0.512 e. The Bertz CT molecular complexity index is 1080. The van der Waals surface area contributed by atoms with Crippen LogP contribution in [0.25, 0.3) is 22.0 Å². The van der Waals surface area contributed by atoms with E-state index in [1.54, 1.807) is 0 Å². The van der Waals surface area contributed by atoms with Crippen molar-refractivity contribution in [2.75, 3.05) is 0 Å². The molecule has 1 N–H and O–H groups in total. The number of aliphatic hydroxyl groups excluding tert-OH is 1. The van der Waals surface area contributed by atoms with Gasteiger partial charge in [-0.15, -0.1) is 35.9 Å². The Labute approximate surface area is 211 Å². The smallest absolute Gasteiger partial charge is 0.155 e. The van der Waals surface area contributed by atoms with Gasteiger partial charge in [-0.25, -0.2) is 0 Å². The van der Waals surface area contributed by atoms with Crippen LogP contribution in [-0.2, 0) is 24.9 Å². The molecule has 0 spiro atoms. The zero-order chi connectivity index (χ0) is 23.1. The number of aliphatic hydroxyl groups is 1. The van der Waals surface area contributed by atoms with Crippen molar-refractivity contribution >= 4 is 16.6 Å². The van der Waals surface area contributed by atoms with Crippen LogP contribution in [0.3, 0.4) is 0 Å². The fraction of sp³-hybridized carbons (Fsp3) is 0.379. The number of hydrogen-bond acceptors (Lipinski definition) is 3. The van der Waals surface area contributed by atoms with E-state index < -0.39 is 0 Å². The van der Waals surface area contributed by atoms with Crippen molar-refractivity contribution in [3.05, 3.63) is 78.2 Å². The first-order valence-corrected chi connectivity index (χ1v) is 11.5. The number of allylic oxidation sites excluding steroid dienone is 2. The average molecular weight is 621 g/mol. The molecule has 1 atom stereocenters. The summed E-state index contributed by atoms with van der Waals surface area (Å²) in [7, 11) is 0. The van der Waals surface area contributed by atoms with E-state index >= 15 is 0 Å². The van der Waals surface area contributed by atoms with Crippen LogP contribution in [0, 0.1) is 11.5 Å². The van der Waals surface area contributed by atoms with Gasteiger partial charge in [-0.1, -0.05) is 57.4 Å². The van der Waals surface area contributed by atoms with Crippen molar-refractivity contribution in [3.8, 4) is 11.3 Å². The Morgan fingerprint density at radius 1 is 1.06 bits per heavy atom. The van der Waals surface area contributed by atoms with Crippen molar-refractivity contribution in [2.24, 2.45) is 5.41 Å². The van der Waals surface area contributed by atoms with Crippen molar-refractivity contribution in [1.82, 2.24) is 4.98 Å². The van der Waals surface area contributed by atoms with Crippen LogP contribution in [0.2, 0.25) is 0 Å². The molecule has 1 saturated carbocycles. The van der Waals surface area contributed by atoms with E-state index in [1.807, 2.05) is 12.1 Å². The molecule has 3 nitrogen and oxygen atoms in total. The molecule has 1 aromatic heterocycles. The summed E-state index contributed by atoms with van der Waals surface area (Å²) in [6, 6.07) is 20.2. The second-order valence-corrected chi connectivity index (χ2v) is 9.22. The molecular weight excluding hydrogens is 587 g/mol. The van der Waals surface area contributed by atoms with Gasteiger partial charge >= 0.3 is 0 Å². The second-order valence-electron chi connectivity index (χ2n) is 9.22. The molecule has 177 valence electrons. The van der Waals surface area contributed by atoms with Gasteiger partial charge < -0.3 is 10.1 Å². The molecule has 1 unspecified atom stereocenters. The maximum absolute atomic E-state index is 10.0. The molecule has 33 heavy (non-hydrogen) atoms. The summed E-state index contributed by atoms with van der Waals surface area (Å²) >= 11 is 0. The Kier molecular flexibility index (Phi) is 10.0. The molecule has 0 saturated heterocycles. The first kappa shape index (κ1) is 27.0. The summed E-state index contributed by atoms with van der Waals surface area (Å²) in [5, 5.41) is 11.0. The molecule has 0 amide bonds. The van der Waals surface area contributed by atoms with Crippen LogP contribution in [0.4, 0.5) is 0 Å². The van der Waals surface area contributed by atoms with Crippen molar-refractivity contribution in [3.63, 3.8) is 0 Å². The third kappa shape index (κ3) is 6.85. The molecule has 1 fully saturated rings. The summed E-state index contributed by atoms with van der Waals surface area (Å²) in [6.07, 6.45) is 10.1. The normalized spacial score (nSPS) is 16.2. The zero-order valence-corrected chi connectivity index (χ0v) is 22.4. The Hall–Kier alpha value is -2.29. The van der Waals surface area contributed by atoms with E-state index in [0.717, 1.165) is 11.3 Å². The standard InChI is InChI=1S/C24H26N.C5H8O2.Ir/c1-18(24(2)15-9-4-10-16-24)22-17-25-23(19-11-5-3-6-12-19)21-14-8-7-13-20(21)22;1-4(6)3-5(2)7;/h3,5-8,11,13-14,17-18H,4,9-10,15-16H2,1-2H3;3,6H,1-2H3;/q-1;;/b;4-3-;. The predicted molar refractivity (Wildman–Crippen MR) is 133 cm³/mol. The van der Waals surface area contributed by atoms with E-state index in [0.29, 0.717) is 11.3 Å². The van der Waals surface area contributed by atoms with Gasteiger partial charge in [0.2, 0.25) is 0 Å². The molecule has 2 aromatic carbocycles. The SMILES string of the molecule is CC(=O)/C=C(/C)O.CC(c1cnc(-c2[c-]cccc2)c2ccccc12)C1(C)CCCCC1.[Ir]. The summed E-state index contributed by atoms with van der Waals surface area (Å²) in [5.41, 5.74) is 3.91. The summed E-state index contributed by atoms with van der Waals surface area (Å²) in [5.74, 6) is 0.464. The van der Waals surface area contributed by atoms with E-state index in [1.165, 1.54) is 68.4 Å². The van der Waals surface area contributed by atoms with Gasteiger partial charge in [-0.05, 0) is 60.1 Å². The van der Waals surface area contributed by atoms with Crippen LogP contribution in [0.1, 0.15) is 71.3 Å². The molecule has 1 heterocycles. The summed E-state index contributed by atoms with van der Waals surface area (Å²) in [4.78, 5) is 14.9. The molecule has 0 aliphatic heterocycles. The second kappa shape index (κ2) is 12.3. The first-order chi connectivity index (χ1) is 15.3. The van der Waals surface area contributed by atoms with Crippen LogP contribution in [0.5, 0.6) is 0 Å². The van der Waals surface area contributed by atoms with Gasteiger partial charge in [0, 0.05) is 32.4 Å². The van der Waals surface area contributed by atoms with Crippen molar-refractivity contribution < 1.29 is 30.0 Å². The number of ketones is 1. The van der Waals surface area contributed by atoms with E-state index in [9.17, 15) is 4.79 Å². The molecule has 0 bridgehead atoms. The van der Waals surface area contributed by atoms with Crippen LogP contribution >= 0.6 is 0 Å². The average Bonchev–Trinajstić information content (AvgIpc) is 2.78. The molecule has 3 aromatic rings. The Morgan fingerprint density at radius 3 is 2.24 bits per heavy atom. The summed E-state index contributed by atoms with van der Waals surface area (Å²) in [6.45, 7) is 7.73. The van der Waals surface area contributed by atoms with E-state index in [2.05, 4.69) is 62.5 Å². The monoisotopic (exact) mass is 621 g/mol. The molecule has 4 rings (SSSR count). The number of hydrogen-bond donors (Lipinski definition) is 1. The molecule has 1 radical (unpaired) electrons. The van der Waals surface area contributed by atoms with Crippen molar-refractivity contribution in [1.29, 1.82) is 0 Å². The number of aromatic nitrogens is 1. The zero-order valence-electron chi connectivity index (χ0n) is 20.0. The number of carbonyl (C=O) groups excluding carboxylic acids is 1. The number of rotatable bonds is 4. The maximum atomic E-state index is 10.0. The first-order valence-electron chi connectivity index (χ1n) is 11.5. The van der Waals surface area contributed by atoms with E-state index in [-0.39, 0.29) is 31.6 Å². The number of nitrogens with zero attached hydrogens (tertiary/aromatic N) is 1. The Balaban J connectivity index is 0.000000423. The Morgan fingerprint density at radius 2 is 1.70 bits per heavy atom. The molecule has 1 aliphatic carbocycles. The minimum absolute atomic E-state index is 0. The fourth-order valence-electron chi connectivity index (χ4n) is 4.78. The quantitative estimate of drug-likeness (QED) is 0.184. The number of benzene rings is 2. The molecule has 4 heteroatoms. The van der Waals surface area contributed by atoms with Crippen molar-refractivity contribution in [2.45, 2.75) is 65.7 Å². The third-order valence-electron chi connectivity index (χ3n) is 6.71. The topological polar surface area (TPSA) is 50.2 Å². The minimum Gasteiger partial charge on any atom is -0.512 e. The van der Waals surface area contributed by atoms with Gasteiger partial charge in [0.25, 0.3) is 0 Å². The third-order valence-corrected chi connectivity index (χ3v) is 6.71. The van der Waals surface area contributed by atoms with Gasteiger partial charge in [-0.2, -0.15) is 0 Å². The minimum atomic E-state index is -0.125. The van der Waals surface area contributed by atoms with E-state index in [4.69, 9.17) is 10.1 Å². The van der Waals surface area contributed by atoms with Crippen LogP contribution in [0.15, 0.2) is 66.6 Å². The van der Waals surface area contributed by atoms with Gasteiger partial charge in [0.1, 0.15) is 0 Å². The maximum Gasteiger partial charge on any atom is 0.155 e. The molecule has 1 aliphatic rings. The number of fused-ring (bicyclic) bond motifs is 1. The van der Waals surface area contributed by atoms with Crippen LogP contribution < -0.4 is 0 Å². The van der Waals surface area contributed by atoms with Gasteiger partial charge in [-0.3, -0.25) is 4.79 Å². The number of pyridine rings is 1. The van der Waals surface area contributed by atoms with Crippen LogP contribution in [-0.4, -0.2) is 15.9 Å². The molecular formula is C29H34IrNO2-. The number of carbonyl (C=O) groups is 1.